The number of para-hydroxylation sites is 1. The Hall–Kier alpha value is -1.59. The van der Waals surface area contributed by atoms with Crippen LogP contribution in [0.2, 0.25) is 5.15 Å². The molecule has 92 valence electrons. The summed E-state index contributed by atoms with van der Waals surface area (Å²) in [6, 6.07) is 10.2. The van der Waals surface area contributed by atoms with Gasteiger partial charge in [0.2, 0.25) is 0 Å². The summed E-state index contributed by atoms with van der Waals surface area (Å²) in [6.45, 7) is 6.46. The molecule has 0 aliphatic heterocycles. The number of aromatic nitrogens is 1. The molecule has 2 aromatic rings. The number of benzene rings is 1. The largest absolute Gasteiger partial charge is 0.235 e. The highest BCUT2D eigenvalue weighted by Gasteiger charge is 2.18. The molecule has 0 atom stereocenters. The van der Waals surface area contributed by atoms with Gasteiger partial charge < -0.3 is 0 Å². The van der Waals surface area contributed by atoms with Gasteiger partial charge in [-0.3, -0.25) is 0 Å². The van der Waals surface area contributed by atoms with Crippen LogP contribution < -0.4 is 0 Å². The van der Waals surface area contributed by atoms with Crippen molar-refractivity contribution in [3.05, 3.63) is 40.5 Å². The summed E-state index contributed by atoms with van der Waals surface area (Å²) in [4.78, 5) is 4.47. The zero-order valence-corrected chi connectivity index (χ0v) is 11.5. The average molecular weight is 259 g/mol. The predicted octanol–water partition coefficient (Wildman–Crippen LogP) is 4.25. The fraction of sp³-hybridized carbons (Fsp3) is 0.333. The predicted molar refractivity (Wildman–Crippen MR) is 74.8 cm³/mol. The molecule has 0 aliphatic rings. The Bertz CT molecular complexity index is 633. The molecule has 0 amide bonds. The van der Waals surface area contributed by atoms with Gasteiger partial charge in [-0.05, 0) is 17.0 Å². The Morgan fingerprint density at radius 1 is 1.33 bits per heavy atom. The molecule has 0 radical (unpaired) electrons. The van der Waals surface area contributed by atoms with E-state index >= 15 is 0 Å². The van der Waals surface area contributed by atoms with Crippen LogP contribution in [-0.4, -0.2) is 4.98 Å². The van der Waals surface area contributed by atoms with Crippen LogP contribution in [0.1, 0.15) is 31.9 Å². The molecule has 0 fully saturated rings. The Morgan fingerprint density at radius 3 is 2.67 bits per heavy atom. The summed E-state index contributed by atoms with van der Waals surface area (Å²) in [5.74, 6) is 0. The second kappa shape index (κ2) is 4.59. The minimum absolute atomic E-state index is 0.0204. The van der Waals surface area contributed by atoms with E-state index in [1.807, 2.05) is 18.2 Å². The van der Waals surface area contributed by atoms with Crippen LogP contribution in [0.3, 0.4) is 0 Å². The van der Waals surface area contributed by atoms with Crippen LogP contribution in [0.4, 0.5) is 0 Å². The molecule has 0 bridgehead atoms. The van der Waals surface area contributed by atoms with Crippen molar-refractivity contribution in [2.75, 3.05) is 0 Å². The summed E-state index contributed by atoms with van der Waals surface area (Å²) >= 11 is 6.14. The number of nitrogens with zero attached hydrogens (tertiary/aromatic N) is 2. The van der Waals surface area contributed by atoms with Crippen LogP contribution in [0.15, 0.2) is 24.3 Å². The maximum atomic E-state index is 8.76. The van der Waals surface area contributed by atoms with Crippen molar-refractivity contribution in [1.29, 1.82) is 5.26 Å². The van der Waals surface area contributed by atoms with Crippen LogP contribution in [0.25, 0.3) is 10.9 Å². The van der Waals surface area contributed by atoms with Gasteiger partial charge in [-0.1, -0.05) is 50.6 Å². The molecule has 18 heavy (non-hydrogen) atoms. The lowest BCUT2D eigenvalue weighted by molar-refractivity contribution is 0.594. The maximum Gasteiger partial charge on any atom is 0.134 e. The van der Waals surface area contributed by atoms with Gasteiger partial charge in [0.1, 0.15) is 5.15 Å². The maximum absolute atomic E-state index is 8.76. The monoisotopic (exact) mass is 258 g/mol. The van der Waals surface area contributed by atoms with E-state index in [0.717, 1.165) is 16.5 Å². The number of rotatable bonds is 1. The average Bonchev–Trinajstić information content (AvgIpc) is 2.28. The zero-order valence-electron chi connectivity index (χ0n) is 10.8. The van der Waals surface area contributed by atoms with Gasteiger partial charge in [-0.15, -0.1) is 0 Å². The lowest BCUT2D eigenvalue weighted by atomic mass is 9.85. The Morgan fingerprint density at radius 2 is 2.06 bits per heavy atom. The van der Waals surface area contributed by atoms with Crippen molar-refractivity contribution in [2.24, 2.45) is 0 Å². The van der Waals surface area contributed by atoms with Crippen LogP contribution in [0.5, 0.6) is 0 Å². The first kappa shape index (κ1) is 12.9. The molecular formula is C15H15ClN2. The third-order valence-corrected chi connectivity index (χ3v) is 3.28. The molecule has 1 aromatic heterocycles. The van der Waals surface area contributed by atoms with Crippen LogP contribution in [0, 0.1) is 11.3 Å². The minimum Gasteiger partial charge on any atom is -0.235 e. The fourth-order valence-corrected chi connectivity index (χ4v) is 2.24. The molecule has 0 aliphatic carbocycles. The number of hydrogen-bond donors (Lipinski definition) is 0. The smallest absolute Gasteiger partial charge is 0.134 e. The second-order valence-electron chi connectivity index (χ2n) is 5.40. The van der Waals surface area contributed by atoms with Crippen molar-refractivity contribution < 1.29 is 0 Å². The third-order valence-electron chi connectivity index (χ3n) is 2.95. The standard InChI is InChI=1S/C15H15ClN2/c1-15(2,3)12-6-4-5-10-9-11(7-8-17)14(16)18-13(10)12/h4-6,9H,7H2,1-3H3. The van der Waals surface area contributed by atoms with Gasteiger partial charge >= 0.3 is 0 Å². The van der Waals surface area contributed by atoms with E-state index in [-0.39, 0.29) is 5.41 Å². The van der Waals surface area contributed by atoms with E-state index in [1.165, 1.54) is 5.56 Å². The summed E-state index contributed by atoms with van der Waals surface area (Å²) in [5, 5.41) is 10.2. The third kappa shape index (κ3) is 2.32. The van der Waals surface area contributed by atoms with E-state index in [9.17, 15) is 0 Å². The lowest BCUT2D eigenvalue weighted by Gasteiger charge is -2.21. The Labute approximate surface area is 112 Å². The van der Waals surface area contributed by atoms with E-state index in [1.54, 1.807) is 0 Å². The molecule has 1 heterocycles. The van der Waals surface area contributed by atoms with Crippen molar-refractivity contribution in [1.82, 2.24) is 4.98 Å². The first-order valence-electron chi connectivity index (χ1n) is 5.89. The molecule has 2 nitrogen and oxygen atoms in total. The highest BCUT2D eigenvalue weighted by molar-refractivity contribution is 6.30. The molecule has 1 aromatic carbocycles. The summed E-state index contributed by atoms with van der Waals surface area (Å²) in [6.07, 6.45) is 0.293. The minimum atomic E-state index is 0.0204. The molecule has 0 saturated heterocycles. The number of hydrogen-bond acceptors (Lipinski definition) is 2. The van der Waals surface area contributed by atoms with E-state index < -0.39 is 0 Å². The normalized spacial score (nSPS) is 11.5. The number of halogens is 1. The van der Waals surface area contributed by atoms with Crippen LogP contribution >= 0.6 is 11.6 Å². The van der Waals surface area contributed by atoms with Gasteiger partial charge in [-0.25, -0.2) is 4.98 Å². The number of pyridine rings is 1. The second-order valence-corrected chi connectivity index (χ2v) is 5.76. The molecule has 0 saturated carbocycles. The quantitative estimate of drug-likeness (QED) is 0.717. The van der Waals surface area contributed by atoms with E-state index in [4.69, 9.17) is 16.9 Å². The number of fused-ring (bicyclic) bond motifs is 1. The Kier molecular flexibility index (Phi) is 3.28. The van der Waals surface area contributed by atoms with Gasteiger partial charge in [0.25, 0.3) is 0 Å². The highest BCUT2D eigenvalue weighted by atomic mass is 35.5. The Balaban J connectivity index is 2.73. The van der Waals surface area contributed by atoms with Crippen molar-refractivity contribution in [3.63, 3.8) is 0 Å². The lowest BCUT2D eigenvalue weighted by Crippen LogP contribution is -2.12. The molecule has 0 unspecified atom stereocenters. The highest BCUT2D eigenvalue weighted by Crippen LogP contribution is 2.30. The van der Waals surface area contributed by atoms with Crippen molar-refractivity contribution in [3.8, 4) is 6.07 Å². The summed E-state index contributed by atoms with van der Waals surface area (Å²) < 4.78 is 0. The summed E-state index contributed by atoms with van der Waals surface area (Å²) in [7, 11) is 0. The van der Waals surface area contributed by atoms with Gasteiger partial charge in [-0.2, -0.15) is 5.26 Å². The number of nitriles is 1. The molecule has 2 rings (SSSR count). The van der Waals surface area contributed by atoms with Crippen molar-refractivity contribution >= 4 is 22.5 Å². The molecular weight excluding hydrogens is 244 g/mol. The topological polar surface area (TPSA) is 36.7 Å². The summed E-state index contributed by atoms with van der Waals surface area (Å²) in [5.41, 5.74) is 2.91. The van der Waals surface area contributed by atoms with E-state index in [2.05, 4.69) is 37.9 Å². The molecule has 0 spiro atoms. The SMILES string of the molecule is CC(C)(C)c1cccc2cc(CC#N)c(Cl)nc12. The molecule has 0 N–H and O–H groups in total. The van der Waals surface area contributed by atoms with E-state index in [0.29, 0.717) is 11.6 Å². The van der Waals surface area contributed by atoms with Gasteiger partial charge in [0.15, 0.2) is 0 Å². The van der Waals surface area contributed by atoms with Crippen LogP contribution in [-0.2, 0) is 11.8 Å². The first-order chi connectivity index (χ1) is 8.43. The zero-order chi connectivity index (χ0) is 13.3. The fourth-order valence-electron chi connectivity index (χ4n) is 2.03. The molecule has 3 heteroatoms. The first-order valence-corrected chi connectivity index (χ1v) is 6.27. The van der Waals surface area contributed by atoms with Gasteiger partial charge in [0, 0.05) is 10.9 Å². The van der Waals surface area contributed by atoms with Crippen molar-refractivity contribution in [2.45, 2.75) is 32.6 Å². The van der Waals surface area contributed by atoms with Gasteiger partial charge in [0.05, 0.1) is 18.0 Å².